The fraction of sp³-hybridized carbons (Fsp3) is 0.917. The van der Waals surface area contributed by atoms with Crippen LogP contribution in [0.15, 0.2) is 0 Å². The van der Waals surface area contributed by atoms with Gasteiger partial charge in [-0.25, -0.2) is 0 Å². The lowest BCUT2D eigenvalue weighted by Gasteiger charge is -2.34. The Labute approximate surface area is 108 Å². The Kier molecular flexibility index (Phi) is 5.76. The molecule has 0 radical (unpaired) electrons. The van der Waals surface area contributed by atoms with Gasteiger partial charge in [-0.1, -0.05) is 20.8 Å². The van der Waals surface area contributed by atoms with Crippen LogP contribution in [-0.2, 0) is 14.3 Å². The Morgan fingerprint density at radius 2 is 2.24 bits per heavy atom. The summed E-state index contributed by atoms with van der Waals surface area (Å²) in [5.74, 6) is 0.835. The van der Waals surface area contributed by atoms with Gasteiger partial charge in [0.15, 0.2) is 0 Å². The third-order valence-corrected chi connectivity index (χ3v) is 3.88. The number of thioether (sulfide) groups is 1. The number of hydrogen-bond acceptors (Lipinski definition) is 5. The molecular weight excluding hydrogens is 238 g/mol. The molecule has 1 atom stereocenters. The van der Waals surface area contributed by atoms with Gasteiger partial charge in [-0.2, -0.15) is 11.8 Å². The molecule has 0 bridgehead atoms. The molecule has 0 aliphatic carbocycles. The number of hydrogen-bond donors (Lipinski definition) is 0. The van der Waals surface area contributed by atoms with Crippen LogP contribution in [-0.4, -0.2) is 60.8 Å². The standard InChI is InChI=1S/C12H23NO3S/c1-12(2,3)17-8-6-13-5-7-16-9-10(13)11(14)15-4/h10H,5-9H2,1-4H3/t10-/m0/s1. The van der Waals surface area contributed by atoms with Crippen LogP contribution in [0, 0.1) is 0 Å². The van der Waals surface area contributed by atoms with E-state index in [1.165, 1.54) is 7.11 Å². The molecule has 0 unspecified atom stereocenters. The zero-order chi connectivity index (χ0) is 12.9. The number of carbonyl (C=O) groups is 1. The van der Waals surface area contributed by atoms with Crippen LogP contribution < -0.4 is 0 Å². The van der Waals surface area contributed by atoms with E-state index in [4.69, 9.17) is 9.47 Å². The second-order valence-electron chi connectivity index (χ2n) is 5.11. The van der Waals surface area contributed by atoms with Gasteiger partial charge in [0.1, 0.15) is 6.04 Å². The fourth-order valence-corrected chi connectivity index (χ4v) is 2.67. The predicted octanol–water partition coefficient (Wildman–Crippen LogP) is 1.39. The van der Waals surface area contributed by atoms with Crippen molar-refractivity contribution in [2.45, 2.75) is 31.6 Å². The summed E-state index contributed by atoms with van der Waals surface area (Å²) in [5.41, 5.74) is 0. The predicted molar refractivity (Wildman–Crippen MR) is 70.4 cm³/mol. The van der Waals surface area contributed by atoms with Crippen molar-refractivity contribution in [2.75, 3.05) is 39.2 Å². The summed E-state index contributed by atoms with van der Waals surface area (Å²) >= 11 is 1.91. The van der Waals surface area contributed by atoms with Gasteiger partial charge in [0.05, 0.1) is 20.3 Å². The van der Waals surface area contributed by atoms with Crippen LogP contribution in [0.1, 0.15) is 20.8 Å². The molecule has 1 aliphatic heterocycles. The van der Waals surface area contributed by atoms with Gasteiger partial charge in [0.25, 0.3) is 0 Å². The van der Waals surface area contributed by atoms with Gasteiger partial charge in [-0.15, -0.1) is 0 Å². The highest BCUT2D eigenvalue weighted by Gasteiger charge is 2.30. The summed E-state index contributed by atoms with van der Waals surface area (Å²) in [7, 11) is 1.43. The number of methoxy groups -OCH3 is 1. The molecule has 17 heavy (non-hydrogen) atoms. The van der Waals surface area contributed by atoms with E-state index < -0.39 is 0 Å². The highest BCUT2D eigenvalue weighted by Crippen LogP contribution is 2.23. The average Bonchev–Trinajstić information content (AvgIpc) is 2.27. The summed E-state index contributed by atoms with van der Waals surface area (Å²) in [6, 6.07) is -0.227. The summed E-state index contributed by atoms with van der Waals surface area (Å²) < 4.78 is 10.4. The highest BCUT2D eigenvalue weighted by atomic mass is 32.2. The van der Waals surface area contributed by atoms with Gasteiger partial charge in [0.2, 0.25) is 0 Å². The van der Waals surface area contributed by atoms with E-state index in [-0.39, 0.29) is 16.8 Å². The molecule has 0 aromatic heterocycles. The molecule has 0 amide bonds. The van der Waals surface area contributed by atoms with Crippen molar-refractivity contribution in [1.29, 1.82) is 0 Å². The van der Waals surface area contributed by atoms with Crippen molar-refractivity contribution in [3.05, 3.63) is 0 Å². The highest BCUT2D eigenvalue weighted by molar-refractivity contribution is 8.00. The van der Waals surface area contributed by atoms with Gasteiger partial charge >= 0.3 is 5.97 Å². The van der Waals surface area contributed by atoms with E-state index >= 15 is 0 Å². The Morgan fingerprint density at radius 1 is 1.53 bits per heavy atom. The van der Waals surface area contributed by atoms with Gasteiger partial charge in [0, 0.05) is 23.6 Å². The SMILES string of the molecule is COC(=O)[C@@H]1COCCN1CCSC(C)(C)C. The normalized spacial score (nSPS) is 22.5. The quantitative estimate of drug-likeness (QED) is 0.715. The van der Waals surface area contributed by atoms with Crippen molar-refractivity contribution in [3.8, 4) is 0 Å². The van der Waals surface area contributed by atoms with Crippen molar-refractivity contribution in [2.24, 2.45) is 0 Å². The summed E-state index contributed by atoms with van der Waals surface area (Å²) in [5, 5.41) is 0. The molecule has 0 aromatic carbocycles. The second-order valence-corrected chi connectivity index (χ2v) is 7.03. The zero-order valence-corrected chi connectivity index (χ0v) is 12.0. The molecule has 5 heteroatoms. The van der Waals surface area contributed by atoms with Crippen LogP contribution in [0.3, 0.4) is 0 Å². The minimum Gasteiger partial charge on any atom is -0.468 e. The maximum absolute atomic E-state index is 11.6. The second kappa shape index (κ2) is 6.61. The van der Waals surface area contributed by atoms with Gasteiger partial charge in [-0.05, 0) is 0 Å². The average molecular weight is 261 g/mol. The summed E-state index contributed by atoms with van der Waals surface area (Å²) in [6.07, 6.45) is 0. The number of rotatable bonds is 4. The molecule has 100 valence electrons. The van der Waals surface area contributed by atoms with E-state index in [0.29, 0.717) is 13.2 Å². The van der Waals surface area contributed by atoms with Crippen molar-refractivity contribution < 1.29 is 14.3 Å². The smallest absolute Gasteiger partial charge is 0.325 e. The van der Waals surface area contributed by atoms with Crippen LogP contribution in [0.2, 0.25) is 0 Å². The lowest BCUT2D eigenvalue weighted by molar-refractivity contribution is -0.153. The molecule has 0 aromatic rings. The Balaban J connectivity index is 2.40. The lowest BCUT2D eigenvalue weighted by atomic mass is 10.2. The van der Waals surface area contributed by atoms with E-state index in [9.17, 15) is 4.79 Å². The number of ether oxygens (including phenoxy) is 2. The first-order valence-electron chi connectivity index (χ1n) is 5.97. The number of nitrogens with zero attached hydrogens (tertiary/aromatic N) is 1. The number of morpholine rings is 1. The molecule has 1 aliphatic rings. The first kappa shape index (κ1) is 14.8. The van der Waals surface area contributed by atoms with Crippen LogP contribution in [0.5, 0.6) is 0 Å². The van der Waals surface area contributed by atoms with E-state index in [2.05, 4.69) is 25.7 Å². The molecular formula is C12H23NO3S. The Bertz CT molecular complexity index is 253. The molecule has 1 saturated heterocycles. The van der Waals surface area contributed by atoms with Gasteiger partial charge in [-0.3, -0.25) is 9.69 Å². The van der Waals surface area contributed by atoms with Crippen molar-refractivity contribution >= 4 is 17.7 Å². The Hall–Kier alpha value is -0.260. The first-order chi connectivity index (χ1) is 7.94. The molecule has 1 rings (SSSR count). The molecule has 0 saturated carbocycles. The first-order valence-corrected chi connectivity index (χ1v) is 6.96. The molecule has 1 heterocycles. The van der Waals surface area contributed by atoms with E-state index in [0.717, 1.165) is 18.8 Å². The van der Waals surface area contributed by atoms with E-state index in [1.54, 1.807) is 0 Å². The van der Waals surface area contributed by atoms with Gasteiger partial charge < -0.3 is 9.47 Å². The van der Waals surface area contributed by atoms with Crippen LogP contribution in [0.25, 0.3) is 0 Å². The van der Waals surface area contributed by atoms with Crippen molar-refractivity contribution in [3.63, 3.8) is 0 Å². The third kappa shape index (κ3) is 5.27. The van der Waals surface area contributed by atoms with Crippen LogP contribution >= 0.6 is 11.8 Å². The molecule has 1 fully saturated rings. The monoisotopic (exact) mass is 261 g/mol. The van der Waals surface area contributed by atoms with E-state index in [1.807, 2.05) is 11.8 Å². The summed E-state index contributed by atoms with van der Waals surface area (Å²) in [4.78, 5) is 13.7. The lowest BCUT2D eigenvalue weighted by Crippen LogP contribution is -2.51. The zero-order valence-electron chi connectivity index (χ0n) is 11.2. The van der Waals surface area contributed by atoms with Crippen molar-refractivity contribution in [1.82, 2.24) is 4.90 Å². The largest absolute Gasteiger partial charge is 0.468 e. The van der Waals surface area contributed by atoms with Crippen LogP contribution in [0.4, 0.5) is 0 Å². The minimum absolute atomic E-state index is 0.189. The number of carbonyl (C=O) groups excluding carboxylic acids is 1. The molecule has 0 spiro atoms. The topological polar surface area (TPSA) is 38.8 Å². The number of esters is 1. The Morgan fingerprint density at radius 3 is 2.82 bits per heavy atom. The maximum Gasteiger partial charge on any atom is 0.325 e. The third-order valence-electron chi connectivity index (χ3n) is 2.63. The molecule has 0 N–H and O–H groups in total. The maximum atomic E-state index is 11.6. The summed E-state index contributed by atoms with van der Waals surface area (Å²) in [6.45, 7) is 9.48. The molecule has 4 nitrogen and oxygen atoms in total. The fourth-order valence-electron chi connectivity index (χ4n) is 1.73. The minimum atomic E-state index is -0.227.